The fraction of sp³-hybridized carbons (Fsp3) is 0.368. The number of amides is 1. The molecular formula is C19H17F5N6O. The van der Waals surface area contributed by atoms with Crippen LogP contribution in [0.2, 0.25) is 0 Å². The highest BCUT2D eigenvalue weighted by Gasteiger charge is 2.31. The van der Waals surface area contributed by atoms with E-state index in [-0.39, 0.29) is 34.8 Å². The zero-order chi connectivity index (χ0) is 22.2. The van der Waals surface area contributed by atoms with E-state index in [4.69, 9.17) is 0 Å². The molecule has 31 heavy (non-hydrogen) atoms. The summed E-state index contributed by atoms with van der Waals surface area (Å²) in [7, 11) is 0. The third-order valence-electron chi connectivity index (χ3n) is 4.81. The Hall–Kier alpha value is -3.31. The fourth-order valence-electron chi connectivity index (χ4n) is 3.41. The first kappa shape index (κ1) is 20.9. The Balaban J connectivity index is 1.71. The lowest BCUT2D eigenvalue weighted by molar-refractivity contribution is -0.141. The predicted octanol–water partition coefficient (Wildman–Crippen LogP) is 3.85. The summed E-state index contributed by atoms with van der Waals surface area (Å²) < 4.78 is 66.6. The van der Waals surface area contributed by atoms with E-state index in [1.807, 2.05) is 0 Å². The van der Waals surface area contributed by atoms with Crippen molar-refractivity contribution in [1.29, 1.82) is 0 Å². The van der Waals surface area contributed by atoms with E-state index in [0.717, 1.165) is 12.3 Å². The summed E-state index contributed by atoms with van der Waals surface area (Å²) in [5.41, 5.74) is -0.0783. The summed E-state index contributed by atoms with van der Waals surface area (Å²) in [4.78, 5) is 21.9. The number of hydrogen-bond donors (Lipinski definition) is 1. The van der Waals surface area contributed by atoms with Crippen molar-refractivity contribution < 1.29 is 26.7 Å². The Morgan fingerprint density at radius 1 is 1.23 bits per heavy atom. The first-order valence-corrected chi connectivity index (χ1v) is 9.45. The van der Waals surface area contributed by atoms with E-state index in [1.165, 1.54) is 23.2 Å². The van der Waals surface area contributed by atoms with Gasteiger partial charge < -0.3 is 10.2 Å². The molecule has 0 radical (unpaired) electrons. The van der Waals surface area contributed by atoms with Gasteiger partial charge in [-0.15, -0.1) is 0 Å². The number of piperidine rings is 1. The van der Waals surface area contributed by atoms with Gasteiger partial charge >= 0.3 is 6.18 Å². The van der Waals surface area contributed by atoms with Crippen molar-refractivity contribution in [3.05, 3.63) is 42.1 Å². The number of halogens is 5. The second-order valence-corrected chi connectivity index (χ2v) is 7.19. The maximum absolute atomic E-state index is 13.7. The van der Waals surface area contributed by atoms with Crippen LogP contribution >= 0.6 is 0 Å². The molecule has 12 heteroatoms. The number of nitrogens with one attached hydrogen (secondary N) is 1. The molecule has 0 bridgehead atoms. The zero-order valence-electron chi connectivity index (χ0n) is 16.0. The number of hydrogen-bond acceptors (Lipinski definition) is 5. The molecule has 1 aliphatic rings. The number of nitrogens with zero attached hydrogens (tertiary/aromatic N) is 5. The summed E-state index contributed by atoms with van der Waals surface area (Å²) in [6, 6.07) is 3.65. The van der Waals surface area contributed by atoms with Gasteiger partial charge in [-0.3, -0.25) is 14.5 Å². The van der Waals surface area contributed by atoms with E-state index in [9.17, 15) is 26.7 Å². The number of anilines is 2. The van der Waals surface area contributed by atoms with Gasteiger partial charge in [-0.1, -0.05) is 0 Å². The number of carbonyl (C=O) groups is 1. The lowest BCUT2D eigenvalue weighted by atomic mass is 10.1. The number of aromatic nitrogens is 4. The van der Waals surface area contributed by atoms with Gasteiger partial charge in [0.15, 0.2) is 5.82 Å². The van der Waals surface area contributed by atoms with E-state index in [2.05, 4.69) is 20.4 Å². The number of fused-ring (bicyclic) bond motifs is 1. The molecule has 1 N–H and O–H groups in total. The van der Waals surface area contributed by atoms with E-state index in [1.54, 1.807) is 0 Å². The number of alkyl halides is 4. The Bertz CT molecular complexity index is 1100. The highest BCUT2D eigenvalue weighted by atomic mass is 19.4. The van der Waals surface area contributed by atoms with Gasteiger partial charge in [-0.05, 0) is 31.0 Å². The number of pyridine rings is 2. The van der Waals surface area contributed by atoms with Crippen LogP contribution in [-0.2, 0) is 6.54 Å². The van der Waals surface area contributed by atoms with Gasteiger partial charge in [0.25, 0.3) is 5.91 Å². The van der Waals surface area contributed by atoms with Crippen molar-refractivity contribution in [1.82, 2.24) is 24.6 Å². The third-order valence-corrected chi connectivity index (χ3v) is 4.81. The normalized spacial score (nSPS) is 17.2. The summed E-state index contributed by atoms with van der Waals surface area (Å²) in [5.74, 6) is -0.941. The highest BCUT2D eigenvalue weighted by molar-refractivity contribution is 5.98. The summed E-state index contributed by atoms with van der Waals surface area (Å²) in [6.07, 6.45) is -2.67. The minimum absolute atomic E-state index is 0.0200. The van der Waals surface area contributed by atoms with Gasteiger partial charge in [0.1, 0.15) is 30.0 Å². The fourth-order valence-corrected chi connectivity index (χ4v) is 3.41. The lowest BCUT2D eigenvalue weighted by Gasteiger charge is -2.28. The SMILES string of the molecule is O=C(c1cc2c(cn1)c(Nc1ccc(F)cn1)nn2CC(F)(F)F)N1CCC[C@@H](F)C1. The molecule has 1 saturated heterocycles. The highest BCUT2D eigenvalue weighted by Crippen LogP contribution is 2.29. The third kappa shape index (κ3) is 4.72. The van der Waals surface area contributed by atoms with E-state index >= 15 is 0 Å². The molecule has 7 nitrogen and oxygen atoms in total. The van der Waals surface area contributed by atoms with Crippen molar-refractivity contribution in [3.8, 4) is 0 Å². The maximum Gasteiger partial charge on any atom is 0.408 e. The molecule has 1 fully saturated rings. The van der Waals surface area contributed by atoms with Crippen molar-refractivity contribution in [3.63, 3.8) is 0 Å². The second-order valence-electron chi connectivity index (χ2n) is 7.19. The van der Waals surface area contributed by atoms with Gasteiger partial charge in [-0.2, -0.15) is 18.3 Å². The number of carbonyl (C=O) groups excluding carboxylic acids is 1. The molecule has 0 saturated carbocycles. The molecule has 1 atom stereocenters. The Labute approximate surface area is 172 Å². The molecule has 3 aromatic heterocycles. The van der Waals surface area contributed by atoms with Crippen molar-refractivity contribution in [2.75, 3.05) is 18.4 Å². The number of likely N-dealkylation sites (tertiary alicyclic amines) is 1. The Morgan fingerprint density at radius 3 is 2.71 bits per heavy atom. The first-order valence-electron chi connectivity index (χ1n) is 9.45. The Kier molecular flexibility index (Phi) is 5.46. The molecule has 3 aromatic rings. The van der Waals surface area contributed by atoms with Crippen LogP contribution in [0.5, 0.6) is 0 Å². The molecule has 0 aliphatic carbocycles. The topological polar surface area (TPSA) is 75.9 Å². The van der Waals surface area contributed by atoms with E-state index < -0.39 is 30.6 Å². The zero-order valence-corrected chi connectivity index (χ0v) is 16.0. The van der Waals surface area contributed by atoms with Crippen LogP contribution in [0.1, 0.15) is 23.3 Å². The molecule has 0 unspecified atom stereocenters. The van der Waals surface area contributed by atoms with Crippen LogP contribution in [0.3, 0.4) is 0 Å². The van der Waals surface area contributed by atoms with Gasteiger partial charge in [-0.25, -0.2) is 13.8 Å². The standard InChI is InChI=1S/C19H17F5N6O/c20-11-3-4-16(26-7-11)27-17-13-8-25-14(18(31)29-5-1-2-12(21)9-29)6-15(13)30(28-17)10-19(22,23)24/h3-4,6-8,12H,1-2,5,9-10H2,(H,26,27,28)/t12-/m1/s1. The first-order chi connectivity index (χ1) is 14.7. The average molecular weight is 440 g/mol. The molecule has 1 aliphatic heterocycles. The second kappa shape index (κ2) is 8.08. The number of rotatable bonds is 4. The summed E-state index contributed by atoms with van der Waals surface area (Å²) in [6.45, 7) is -1.12. The van der Waals surface area contributed by atoms with E-state index in [0.29, 0.717) is 24.1 Å². The summed E-state index contributed by atoms with van der Waals surface area (Å²) >= 11 is 0. The molecular weight excluding hydrogens is 423 g/mol. The molecule has 4 heterocycles. The van der Waals surface area contributed by atoms with Crippen LogP contribution < -0.4 is 5.32 Å². The largest absolute Gasteiger partial charge is 0.408 e. The molecule has 0 spiro atoms. The van der Waals surface area contributed by atoms with Crippen LogP contribution in [-0.4, -0.2) is 56.0 Å². The van der Waals surface area contributed by atoms with Crippen LogP contribution in [0.15, 0.2) is 30.6 Å². The van der Waals surface area contributed by atoms with Gasteiger partial charge in [0, 0.05) is 12.7 Å². The molecule has 0 aromatic carbocycles. The van der Waals surface area contributed by atoms with Crippen molar-refractivity contribution >= 4 is 28.4 Å². The van der Waals surface area contributed by atoms with Crippen LogP contribution in [0.4, 0.5) is 33.6 Å². The smallest absolute Gasteiger partial charge is 0.334 e. The minimum atomic E-state index is -4.56. The van der Waals surface area contributed by atoms with Crippen molar-refractivity contribution in [2.45, 2.75) is 31.7 Å². The van der Waals surface area contributed by atoms with Crippen molar-refractivity contribution in [2.24, 2.45) is 0 Å². The average Bonchev–Trinajstić information content (AvgIpc) is 3.04. The minimum Gasteiger partial charge on any atom is -0.334 e. The molecule has 164 valence electrons. The Morgan fingerprint density at radius 2 is 2.03 bits per heavy atom. The molecule has 1 amide bonds. The van der Waals surface area contributed by atoms with Crippen LogP contribution in [0, 0.1) is 5.82 Å². The quantitative estimate of drug-likeness (QED) is 0.624. The lowest BCUT2D eigenvalue weighted by Crippen LogP contribution is -2.41. The maximum atomic E-state index is 13.7. The molecule has 4 rings (SSSR count). The predicted molar refractivity (Wildman–Crippen MR) is 101 cm³/mol. The van der Waals surface area contributed by atoms with Gasteiger partial charge in [0.2, 0.25) is 0 Å². The van der Waals surface area contributed by atoms with Gasteiger partial charge in [0.05, 0.1) is 23.6 Å². The summed E-state index contributed by atoms with van der Waals surface area (Å²) in [5, 5.41) is 6.90. The van der Waals surface area contributed by atoms with Crippen LogP contribution in [0.25, 0.3) is 10.9 Å². The monoisotopic (exact) mass is 440 g/mol.